The van der Waals surface area contributed by atoms with Gasteiger partial charge in [0, 0.05) is 0 Å². The van der Waals surface area contributed by atoms with E-state index in [0.717, 1.165) is 0 Å². The van der Waals surface area contributed by atoms with Crippen LogP contribution in [-0.2, 0) is 4.52 Å². The van der Waals surface area contributed by atoms with E-state index in [9.17, 15) is 0 Å². The first kappa shape index (κ1) is 6.88. The molecule has 0 saturated carbocycles. The zero-order valence-electron chi connectivity index (χ0n) is 4.86. The number of nitrogens with zero attached hydrogens (tertiary/aromatic N) is 1. The van der Waals surface area contributed by atoms with Crippen molar-refractivity contribution in [1.29, 1.82) is 5.26 Å². The quantitative estimate of drug-likeness (QED) is 0.483. The van der Waals surface area contributed by atoms with Gasteiger partial charge in [0.1, 0.15) is 0 Å². The van der Waals surface area contributed by atoms with Gasteiger partial charge >= 0.3 is 43.5 Å². The van der Waals surface area contributed by atoms with Crippen molar-refractivity contribution in [1.82, 2.24) is 0 Å². The number of hydrogen-bond acceptors (Lipinski definition) is 2. The monoisotopic (exact) mass is 119 g/mol. The molecule has 0 saturated heterocycles. The molecule has 0 rings (SSSR count). The maximum atomic E-state index is 8.28. The first-order chi connectivity index (χ1) is 3.12. The van der Waals surface area contributed by atoms with Crippen LogP contribution in [0.15, 0.2) is 0 Å². The topological polar surface area (TPSA) is 33.0 Å². The molecule has 0 bridgehead atoms. The van der Waals surface area contributed by atoms with Crippen LogP contribution in [0.3, 0.4) is 0 Å². The molecule has 0 N–H and O–H groups in total. The van der Waals surface area contributed by atoms with Crippen molar-refractivity contribution in [2.24, 2.45) is 0 Å². The van der Waals surface area contributed by atoms with Gasteiger partial charge in [-0.3, -0.25) is 0 Å². The van der Waals surface area contributed by atoms with E-state index in [1.54, 1.807) is 7.11 Å². The summed E-state index contributed by atoms with van der Waals surface area (Å²) in [6.07, 6.45) is 0. The molecule has 0 amide bonds. The summed E-state index contributed by atoms with van der Waals surface area (Å²) in [6.45, 7) is 3.71. The normalized spacial score (nSPS) is 12.9. The predicted octanol–water partition coefficient (Wildman–Crippen LogP) is 1.04. The third-order valence-corrected chi connectivity index (χ3v) is 2.34. The van der Waals surface area contributed by atoms with Crippen molar-refractivity contribution >= 4 is 7.49 Å². The van der Waals surface area contributed by atoms with Crippen LogP contribution in [0.4, 0.5) is 0 Å². The van der Waals surface area contributed by atoms with Crippen LogP contribution >= 0.6 is 7.49 Å². The summed E-state index contributed by atoms with van der Waals surface area (Å²) in [5.74, 6) is 2.11. The van der Waals surface area contributed by atoms with E-state index in [0.29, 0.717) is 0 Å². The molecule has 0 heterocycles. The van der Waals surface area contributed by atoms with Crippen molar-refractivity contribution in [3.05, 3.63) is 0 Å². The van der Waals surface area contributed by atoms with Gasteiger partial charge in [-0.1, -0.05) is 0 Å². The Kier molecular flexibility index (Phi) is 2.22. The Bertz CT molecular complexity index is 94.4. The van der Waals surface area contributed by atoms with Crippen molar-refractivity contribution in [2.45, 2.75) is 0 Å². The van der Waals surface area contributed by atoms with Gasteiger partial charge in [-0.15, -0.1) is 0 Å². The van der Waals surface area contributed by atoms with Crippen molar-refractivity contribution in [3.63, 3.8) is 0 Å². The zero-order valence-corrected chi connectivity index (χ0v) is 5.86. The summed E-state index contributed by atoms with van der Waals surface area (Å²) in [7, 11) is -0.267. The van der Waals surface area contributed by atoms with Crippen LogP contribution < -0.4 is 0 Å². The minimum absolute atomic E-state index is 1.58. The molecule has 0 aromatic rings. The Labute approximate surface area is 44.5 Å². The second kappa shape index (κ2) is 2.26. The number of rotatable bonds is 1. The average Bonchev–Trinajstić information content (AvgIpc) is 1.68. The van der Waals surface area contributed by atoms with E-state index in [4.69, 9.17) is 9.79 Å². The standard InChI is InChI=1S/C4H10NOP/c1-6-7(2,3)4-5/h7H,1-3H3. The van der Waals surface area contributed by atoms with Crippen LogP contribution in [0.2, 0.25) is 0 Å². The van der Waals surface area contributed by atoms with Gasteiger partial charge in [0.25, 0.3) is 0 Å². The average molecular weight is 119 g/mol. The first-order valence-electron chi connectivity index (χ1n) is 2.09. The van der Waals surface area contributed by atoms with Crippen LogP contribution in [0, 0.1) is 11.1 Å². The van der Waals surface area contributed by atoms with Crippen LogP contribution in [0.25, 0.3) is 0 Å². The fourth-order valence-corrected chi connectivity index (χ4v) is 0.137. The molecule has 0 aromatic heterocycles. The van der Waals surface area contributed by atoms with Crippen LogP contribution in [-0.4, -0.2) is 20.4 Å². The van der Waals surface area contributed by atoms with E-state index in [2.05, 4.69) is 5.81 Å². The summed E-state index contributed by atoms with van der Waals surface area (Å²) in [4.78, 5) is 0. The molecule has 2 nitrogen and oxygen atoms in total. The molecule has 0 aromatic carbocycles. The molecule has 0 aliphatic carbocycles. The fraction of sp³-hybridized carbons (Fsp3) is 0.750. The third kappa shape index (κ3) is 2.56. The molecular weight excluding hydrogens is 109 g/mol. The fourth-order valence-electron chi connectivity index (χ4n) is 0.0456. The molecule has 3 heteroatoms. The van der Waals surface area contributed by atoms with Crippen molar-refractivity contribution in [2.75, 3.05) is 20.4 Å². The summed E-state index contributed by atoms with van der Waals surface area (Å²) in [5.41, 5.74) is 0. The van der Waals surface area contributed by atoms with E-state index in [1.807, 2.05) is 13.3 Å². The van der Waals surface area contributed by atoms with Gasteiger partial charge in [0.2, 0.25) is 0 Å². The van der Waals surface area contributed by atoms with Gasteiger partial charge in [0.05, 0.1) is 0 Å². The van der Waals surface area contributed by atoms with Gasteiger partial charge in [0.15, 0.2) is 0 Å². The molecular formula is C4H10NOP. The molecule has 0 aliphatic rings. The Morgan fingerprint density at radius 1 is 1.57 bits per heavy atom. The Balaban J connectivity index is 3.66. The summed E-state index contributed by atoms with van der Waals surface area (Å²) < 4.78 is 4.86. The third-order valence-electron chi connectivity index (χ3n) is 0.780. The molecule has 0 aliphatic heterocycles. The maximum absolute atomic E-state index is 8.28. The molecule has 0 unspecified atom stereocenters. The van der Waals surface area contributed by atoms with Crippen molar-refractivity contribution in [3.8, 4) is 5.81 Å². The summed E-state index contributed by atoms with van der Waals surface area (Å²) >= 11 is 0. The minimum atomic E-state index is -1.85. The van der Waals surface area contributed by atoms with Crippen LogP contribution in [0.1, 0.15) is 0 Å². The summed E-state index contributed by atoms with van der Waals surface area (Å²) in [6, 6.07) is 0. The van der Waals surface area contributed by atoms with Gasteiger partial charge in [-0.25, -0.2) is 0 Å². The van der Waals surface area contributed by atoms with E-state index >= 15 is 0 Å². The molecule has 0 radical (unpaired) electrons. The van der Waals surface area contributed by atoms with Gasteiger partial charge in [-0.05, 0) is 0 Å². The number of nitriles is 1. The van der Waals surface area contributed by atoms with E-state index < -0.39 is 7.49 Å². The Morgan fingerprint density at radius 2 is 2.00 bits per heavy atom. The van der Waals surface area contributed by atoms with Crippen molar-refractivity contribution < 1.29 is 4.52 Å². The molecule has 0 atom stereocenters. The summed E-state index contributed by atoms with van der Waals surface area (Å²) in [5, 5.41) is 8.28. The van der Waals surface area contributed by atoms with E-state index in [-0.39, 0.29) is 0 Å². The van der Waals surface area contributed by atoms with Crippen LogP contribution in [0.5, 0.6) is 0 Å². The Hall–Kier alpha value is -0.120. The van der Waals surface area contributed by atoms with Gasteiger partial charge in [-0.2, -0.15) is 0 Å². The SMILES string of the molecule is CO[PH](C)(C)C#N. The molecule has 42 valence electrons. The zero-order chi connectivity index (χ0) is 5.91. The molecule has 0 spiro atoms. The second-order valence-electron chi connectivity index (χ2n) is 1.83. The number of hydrogen-bond donors (Lipinski definition) is 0. The van der Waals surface area contributed by atoms with E-state index in [1.165, 1.54) is 0 Å². The first-order valence-corrected chi connectivity index (χ1v) is 4.99. The Morgan fingerprint density at radius 3 is 2.00 bits per heavy atom. The molecule has 0 fully saturated rings. The molecule has 7 heavy (non-hydrogen) atoms. The second-order valence-corrected chi connectivity index (χ2v) is 5.48. The van der Waals surface area contributed by atoms with Gasteiger partial charge < -0.3 is 0 Å². The predicted molar refractivity (Wildman–Crippen MR) is 32.8 cm³/mol.